The van der Waals surface area contributed by atoms with Crippen LogP contribution in [-0.2, 0) is 9.53 Å². The first-order chi connectivity index (χ1) is 7.47. The van der Waals surface area contributed by atoms with Gasteiger partial charge in [0, 0.05) is 6.20 Å². The average molecular weight is 230 g/mol. The van der Waals surface area contributed by atoms with E-state index in [1.165, 1.54) is 0 Å². The molecule has 1 aromatic heterocycles. The van der Waals surface area contributed by atoms with E-state index in [2.05, 4.69) is 9.72 Å². The highest BCUT2D eigenvalue weighted by atomic mass is 16.5. The molecule has 0 spiro atoms. The Kier molecular flexibility index (Phi) is 3.59. The van der Waals surface area contributed by atoms with Gasteiger partial charge in [0.25, 0.3) is 5.56 Å². The minimum Gasteiger partial charge on any atom is -0.467 e. The van der Waals surface area contributed by atoms with Gasteiger partial charge in [-0.2, -0.15) is 0 Å². The van der Waals surface area contributed by atoms with E-state index in [0.29, 0.717) is 0 Å². The van der Waals surface area contributed by atoms with Gasteiger partial charge in [-0.15, -0.1) is 0 Å². The number of H-pyrrole nitrogens is 2. The third-order valence-electron chi connectivity index (χ3n) is 1.91. The average Bonchev–Trinajstić information content (AvgIpc) is 2.26. The summed E-state index contributed by atoms with van der Waals surface area (Å²) in [6.07, 6.45) is -2.75. The lowest BCUT2D eigenvalue weighted by Crippen LogP contribution is -2.34. The van der Waals surface area contributed by atoms with Crippen molar-refractivity contribution in [3.63, 3.8) is 0 Å². The topological polar surface area (TPSA) is 132 Å². The van der Waals surface area contributed by atoms with Crippen LogP contribution < -0.4 is 11.2 Å². The van der Waals surface area contributed by atoms with Crippen molar-refractivity contribution < 1.29 is 19.7 Å². The molecule has 16 heavy (non-hydrogen) atoms. The number of carbonyl (C=O) groups excluding carboxylic acids is 1. The standard InChI is InChI=1S/C8H10N2O6/c1-16-7(14)5(12)4(11)3-2-9-8(15)10-6(3)13/h2,4-5,11-12H,1H3,(H2,9,10,13,15). The number of hydrogen-bond acceptors (Lipinski definition) is 6. The number of rotatable bonds is 3. The molecule has 0 bridgehead atoms. The van der Waals surface area contributed by atoms with E-state index in [4.69, 9.17) is 0 Å². The van der Waals surface area contributed by atoms with Crippen LogP contribution in [0.4, 0.5) is 0 Å². The van der Waals surface area contributed by atoms with Gasteiger partial charge in [0.2, 0.25) is 0 Å². The lowest BCUT2D eigenvalue weighted by molar-refractivity contribution is -0.156. The van der Waals surface area contributed by atoms with Crippen LogP contribution in [0.3, 0.4) is 0 Å². The zero-order valence-electron chi connectivity index (χ0n) is 8.26. The minimum atomic E-state index is -1.89. The van der Waals surface area contributed by atoms with Crippen molar-refractivity contribution in [3.05, 3.63) is 32.6 Å². The molecule has 8 nitrogen and oxygen atoms in total. The van der Waals surface area contributed by atoms with Gasteiger partial charge in [-0.05, 0) is 0 Å². The summed E-state index contributed by atoms with van der Waals surface area (Å²) in [4.78, 5) is 36.7. The van der Waals surface area contributed by atoms with Gasteiger partial charge < -0.3 is 19.9 Å². The molecule has 1 aromatic rings. The van der Waals surface area contributed by atoms with E-state index >= 15 is 0 Å². The van der Waals surface area contributed by atoms with Crippen LogP contribution in [0.15, 0.2) is 15.8 Å². The van der Waals surface area contributed by atoms with E-state index in [1.54, 1.807) is 0 Å². The maximum Gasteiger partial charge on any atom is 0.337 e. The second-order valence-corrected chi connectivity index (χ2v) is 2.94. The number of carbonyl (C=O) groups is 1. The molecule has 0 amide bonds. The highest BCUT2D eigenvalue weighted by molar-refractivity contribution is 5.75. The summed E-state index contributed by atoms with van der Waals surface area (Å²) < 4.78 is 4.19. The van der Waals surface area contributed by atoms with E-state index in [-0.39, 0.29) is 5.56 Å². The molecule has 1 rings (SSSR count). The summed E-state index contributed by atoms with van der Waals surface area (Å²) in [6, 6.07) is 0. The summed E-state index contributed by atoms with van der Waals surface area (Å²) in [5.74, 6) is -1.09. The van der Waals surface area contributed by atoms with Gasteiger partial charge in [0.1, 0.15) is 6.10 Å². The number of aliphatic hydroxyl groups excluding tert-OH is 2. The van der Waals surface area contributed by atoms with E-state index in [1.807, 2.05) is 4.98 Å². The highest BCUT2D eigenvalue weighted by Gasteiger charge is 2.28. The van der Waals surface area contributed by atoms with Crippen molar-refractivity contribution in [2.75, 3.05) is 7.11 Å². The number of esters is 1. The molecular weight excluding hydrogens is 220 g/mol. The fraction of sp³-hybridized carbons (Fsp3) is 0.375. The second-order valence-electron chi connectivity index (χ2n) is 2.94. The first-order valence-corrected chi connectivity index (χ1v) is 4.23. The van der Waals surface area contributed by atoms with E-state index in [0.717, 1.165) is 13.3 Å². The molecule has 0 aromatic carbocycles. The Hall–Kier alpha value is -1.93. The third-order valence-corrected chi connectivity index (χ3v) is 1.91. The van der Waals surface area contributed by atoms with Gasteiger partial charge in [0.05, 0.1) is 12.7 Å². The molecule has 0 fully saturated rings. The molecule has 0 aliphatic heterocycles. The predicted molar refractivity (Wildman–Crippen MR) is 50.7 cm³/mol. The van der Waals surface area contributed by atoms with Crippen LogP contribution in [0.1, 0.15) is 11.7 Å². The highest BCUT2D eigenvalue weighted by Crippen LogP contribution is 2.12. The van der Waals surface area contributed by atoms with Crippen molar-refractivity contribution in [1.82, 2.24) is 9.97 Å². The van der Waals surface area contributed by atoms with E-state index in [9.17, 15) is 24.6 Å². The fourth-order valence-electron chi connectivity index (χ4n) is 1.06. The Morgan fingerprint density at radius 1 is 1.44 bits per heavy atom. The van der Waals surface area contributed by atoms with E-state index < -0.39 is 29.4 Å². The number of aromatic nitrogens is 2. The van der Waals surface area contributed by atoms with Gasteiger partial charge in [-0.25, -0.2) is 9.59 Å². The smallest absolute Gasteiger partial charge is 0.337 e. The second kappa shape index (κ2) is 4.73. The Morgan fingerprint density at radius 2 is 2.06 bits per heavy atom. The molecule has 2 unspecified atom stereocenters. The molecule has 0 saturated heterocycles. The van der Waals surface area contributed by atoms with Crippen LogP contribution in [0.5, 0.6) is 0 Å². The molecular formula is C8H10N2O6. The third kappa shape index (κ3) is 2.35. The summed E-state index contributed by atoms with van der Waals surface area (Å²) in [6.45, 7) is 0. The number of aromatic amines is 2. The minimum absolute atomic E-state index is 0.336. The Bertz CT molecular complexity index is 490. The van der Waals surface area contributed by atoms with Crippen molar-refractivity contribution in [3.8, 4) is 0 Å². The monoisotopic (exact) mass is 230 g/mol. The number of hydrogen-bond donors (Lipinski definition) is 4. The SMILES string of the molecule is COC(=O)C(O)C(O)c1c[nH]c(=O)[nH]c1=O. The number of methoxy groups -OCH3 is 1. The van der Waals surface area contributed by atoms with Crippen LogP contribution in [0, 0.1) is 0 Å². The van der Waals surface area contributed by atoms with Gasteiger partial charge >= 0.3 is 11.7 Å². The zero-order chi connectivity index (χ0) is 12.3. The molecule has 0 saturated carbocycles. The number of aliphatic hydroxyl groups is 2. The molecule has 1 heterocycles. The Morgan fingerprint density at radius 3 is 2.56 bits per heavy atom. The van der Waals surface area contributed by atoms with Crippen LogP contribution in [0.25, 0.3) is 0 Å². The maximum atomic E-state index is 11.2. The maximum absolute atomic E-state index is 11.2. The lowest BCUT2D eigenvalue weighted by atomic mass is 10.1. The Labute approximate surface area is 88.5 Å². The lowest BCUT2D eigenvalue weighted by Gasteiger charge is -2.14. The van der Waals surface area contributed by atoms with Crippen molar-refractivity contribution in [1.29, 1.82) is 0 Å². The molecule has 8 heteroatoms. The van der Waals surface area contributed by atoms with Crippen LogP contribution in [0.2, 0.25) is 0 Å². The molecule has 0 aliphatic rings. The number of ether oxygens (including phenoxy) is 1. The summed E-state index contributed by atoms with van der Waals surface area (Å²) in [5.41, 5.74) is -1.98. The fourth-order valence-corrected chi connectivity index (χ4v) is 1.06. The Balaban J connectivity index is 3.05. The molecule has 2 atom stereocenters. The largest absolute Gasteiger partial charge is 0.467 e. The zero-order valence-corrected chi connectivity index (χ0v) is 8.26. The van der Waals surface area contributed by atoms with Gasteiger partial charge in [-0.3, -0.25) is 9.78 Å². The number of nitrogens with one attached hydrogen (secondary N) is 2. The molecule has 0 aliphatic carbocycles. The van der Waals surface area contributed by atoms with Gasteiger partial charge in [-0.1, -0.05) is 0 Å². The molecule has 4 N–H and O–H groups in total. The first kappa shape index (κ1) is 12.1. The van der Waals surface area contributed by atoms with Crippen LogP contribution in [-0.4, -0.2) is 39.4 Å². The normalized spacial score (nSPS) is 14.2. The summed E-state index contributed by atoms with van der Waals surface area (Å²) in [5, 5.41) is 18.7. The van der Waals surface area contributed by atoms with Crippen LogP contribution >= 0.6 is 0 Å². The molecule has 88 valence electrons. The summed E-state index contributed by atoms with van der Waals surface area (Å²) in [7, 11) is 1.02. The summed E-state index contributed by atoms with van der Waals surface area (Å²) >= 11 is 0. The van der Waals surface area contributed by atoms with Gasteiger partial charge in [0.15, 0.2) is 6.10 Å². The van der Waals surface area contributed by atoms with Crippen molar-refractivity contribution >= 4 is 5.97 Å². The van der Waals surface area contributed by atoms with Crippen molar-refractivity contribution in [2.24, 2.45) is 0 Å². The predicted octanol–water partition coefficient (Wildman–Crippen LogP) is -2.37. The quantitative estimate of drug-likeness (QED) is 0.429. The van der Waals surface area contributed by atoms with Crippen molar-refractivity contribution in [2.45, 2.75) is 12.2 Å². The molecule has 0 radical (unpaired) electrons. The first-order valence-electron chi connectivity index (χ1n) is 4.23.